The van der Waals surface area contributed by atoms with Gasteiger partial charge in [-0.25, -0.2) is 0 Å². The van der Waals surface area contributed by atoms with E-state index in [1.165, 1.54) is 6.33 Å². The Labute approximate surface area is 105 Å². The predicted octanol–water partition coefficient (Wildman–Crippen LogP) is 2.54. The largest absolute Gasteiger partial charge is 0.367 e. The summed E-state index contributed by atoms with van der Waals surface area (Å²) in [5, 5.41) is 8.03. The highest BCUT2D eigenvalue weighted by atomic mass is 35.5. The number of nitrogens with one attached hydrogen (secondary N) is 1. The van der Waals surface area contributed by atoms with Crippen molar-refractivity contribution in [3.8, 4) is 0 Å². The van der Waals surface area contributed by atoms with Crippen LogP contribution in [0.15, 0.2) is 6.33 Å². The number of rotatable bonds is 3. The molecule has 6 heteroatoms. The van der Waals surface area contributed by atoms with Crippen molar-refractivity contribution in [2.45, 2.75) is 33.7 Å². The molecule has 0 aliphatic carbocycles. The van der Waals surface area contributed by atoms with Crippen LogP contribution in [0.5, 0.6) is 0 Å². The van der Waals surface area contributed by atoms with Gasteiger partial charge in [-0.3, -0.25) is 0 Å². The summed E-state index contributed by atoms with van der Waals surface area (Å²) in [7, 11) is 0. The average molecular weight is 254 g/mol. The van der Waals surface area contributed by atoms with Gasteiger partial charge in [0.25, 0.3) is 5.78 Å². The lowest BCUT2D eigenvalue weighted by molar-refractivity contribution is 0.556. The molecular formula is C11H16ClN5. The molecule has 17 heavy (non-hydrogen) atoms. The Kier molecular flexibility index (Phi) is 3.19. The fraction of sp³-hybridized carbons (Fsp3) is 0.545. The van der Waals surface area contributed by atoms with Gasteiger partial charge >= 0.3 is 0 Å². The molecule has 5 nitrogen and oxygen atoms in total. The number of anilines is 1. The van der Waals surface area contributed by atoms with Crippen LogP contribution in [0.1, 0.15) is 26.3 Å². The topological polar surface area (TPSA) is 55.1 Å². The average Bonchev–Trinajstić information content (AvgIpc) is 2.71. The van der Waals surface area contributed by atoms with Gasteiger partial charge in [-0.1, -0.05) is 25.4 Å². The Morgan fingerprint density at radius 1 is 1.35 bits per heavy atom. The van der Waals surface area contributed by atoms with Crippen LogP contribution >= 0.6 is 11.6 Å². The van der Waals surface area contributed by atoms with Crippen molar-refractivity contribution in [2.75, 3.05) is 5.32 Å². The number of aromatic nitrogens is 4. The number of halogens is 1. The maximum absolute atomic E-state index is 6.08. The van der Waals surface area contributed by atoms with E-state index in [4.69, 9.17) is 11.6 Å². The summed E-state index contributed by atoms with van der Waals surface area (Å²) in [5.74, 6) is 1.89. The van der Waals surface area contributed by atoms with E-state index in [0.717, 1.165) is 11.4 Å². The first-order chi connectivity index (χ1) is 8.00. The molecule has 2 aromatic heterocycles. The minimum absolute atomic E-state index is 0.319. The quantitative estimate of drug-likeness (QED) is 0.854. The maximum Gasteiger partial charge on any atom is 0.255 e. The zero-order chi connectivity index (χ0) is 12.6. The first-order valence-electron chi connectivity index (χ1n) is 5.63. The van der Waals surface area contributed by atoms with E-state index in [9.17, 15) is 0 Å². The first kappa shape index (κ1) is 12.1. The molecule has 1 N–H and O–H groups in total. The van der Waals surface area contributed by atoms with E-state index in [2.05, 4.69) is 41.2 Å². The van der Waals surface area contributed by atoms with Crippen LogP contribution < -0.4 is 5.32 Å². The van der Waals surface area contributed by atoms with Gasteiger partial charge in [-0.2, -0.15) is 19.6 Å². The molecule has 2 heterocycles. The Hall–Kier alpha value is -1.36. The van der Waals surface area contributed by atoms with E-state index in [1.54, 1.807) is 4.52 Å². The van der Waals surface area contributed by atoms with Gasteiger partial charge in [0.1, 0.15) is 17.3 Å². The van der Waals surface area contributed by atoms with E-state index in [-0.39, 0.29) is 0 Å². The first-order valence-corrected chi connectivity index (χ1v) is 6.01. The molecule has 0 saturated carbocycles. The highest BCUT2D eigenvalue weighted by Crippen LogP contribution is 2.23. The lowest BCUT2D eigenvalue weighted by Gasteiger charge is -2.20. The van der Waals surface area contributed by atoms with Crippen LogP contribution in [0, 0.1) is 12.8 Å². The number of hydrogen-bond acceptors (Lipinski definition) is 4. The summed E-state index contributed by atoms with van der Waals surface area (Å²) in [5.41, 5.74) is 0.886. The summed E-state index contributed by atoms with van der Waals surface area (Å²) in [6, 6.07) is 0.319. The van der Waals surface area contributed by atoms with Crippen LogP contribution in [0.3, 0.4) is 0 Å². The van der Waals surface area contributed by atoms with Crippen LogP contribution in [-0.2, 0) is 0 Å². The van der Waals surface area contributed by atoms with Crippen LogP contribution in [-0.4, -0.2) is 25.6 Å². The van der Waals surface area contributed by atoms with Crippen LogP contribution in [0.25, 0.3) is 5.78 Å². The van der Waals surface area contributed by atoms with Crippen LogP contribution in [0.4, 0.5) is 5.82 Å². The second-order valence-electron chi connectivity index (χ2n) is 4.53. The molecule has 0 aliphatic rings. The van der Waals surface area contributed by atoms with Gasteiger partial charge in [-0.05, 0) is 19.8 Å². The van der Waals surface area contributed by atoms with Crippen molar-refractivity contribution in [1.29, 1.82) is 0 Å². The zero-order valence-corrected chi connectivity index (χ0v) is 11.2. The van der Waals surface area contributed by atoms with Crippen molar-refractivity contribution in [3.63, 3.8) is 0 Å². The molecule has 92 valence electrons. The van der Waals surface area contributed by atoms with Gasteiger partial charge in [0.15, 0.2) is 0 Å². The van der Waals surface area contributed by atoms with Gasteiger partial charge in [0.2, 0.25) is 0 Å². The van der Waals surface area contributed by atoms with E-state index in [0.29, 0.717) is 22.9 Å². The molecular weight excluding hydrogens is 238 g/mol. The second kappa shape index (κ2) is 4.49. The second-order valence-corrected chi connectivity index (χ2v) is 4.88. The Morgan fingerprint density at radius 3 is 2.71 bits per heavy atom. The molecule has 0 radical (unpaired) electrons. The van der Waals surface area contributed by atoms with Gasteiger partial charge < -0.3 is 5.32 Å². The highest BCUT2D eigenvalue weighted by molar-refractivity contribution is 6.30. The van der Waals surface area contributed by atoms with Crippen molar-refractivity contribution in [1.82, 2.24) is 19.6 Å². The van der Waals surface area contributed by atoms with Gasteiger partial charge in [0, 0.05) is 11.6 Å². The van der Waals surface area contributed by atoms with E-state index in [1.807, 2.05) is 6.92 Å². The predicted molar refractivity (Wildman–Crippen MR) is 68.5 cm³/mol. The molecule has 2 rings (SSSR count). The molecule has 1 unspecified atom stereocenters. The smallest absolute Gasteiger partial charge is 0.255 e. The normalized spacial score (nSPS) is 13.3. The van der Waals surface area contributed by atoms with Crippen molar-refractivity contribution < 1.29 is 0 Å². The fourth-order valence-electron chi connectivity index (χ4n) is 1.45. The highest BCUT2D eigenvalue weighted by Gasteiger charge is 2.15. The molecule has 0 aliphatic heterocycles. The number of nitrogens with zero attached hydrogens (tertiary/aromatic N) is 4. The lowest BCUT2D eigenvalue weighted by atomic mass is 10.1. The molecule has 0 fully saturated rings. The molecule has 2 aromatic rings. The van der Waals surface area contributed by atoms with E-state index < -0.39 is 0 Å². The fourth-order valence-corrected chi connectivity index (χ4v) is 1.61. The third-order valence-corrected chi connectivity index (χ3v) is 3.34. The SMILES string of the molecule is Cc1c(Cl)nc2ncnn2c1NC(C)C(C)C. The third kappa shape index (κ3) is 2.20. The van der Waals surface area contributed by atoms with Crippen molar-refractivity contribution >= 4 is 23.2 Å². The molecule has 1 atom stereocenters. The molecule has 0 saturated heterocycles. The number of hydrogen-bond donors (Lipinski definition) is 1. The summed E-state index contributed by atoms with van der Waals surface area (Å²) >= 11 is 6.08. The Morgan fingerprint density at radius 2 is 2.06 bits per heavy atom. The lowest BCUT2D eigenvalue weighted by Crippen LogP contribution is -2.24. The third-order valence-electron chi connectivity index (χ3n) is 2.97. The van der Waals surface area contributed by atoms with Gasteiger partial charge in [-0.15, -0.1) is 0 Å². The number of fused-ring (bicyclic) bond motifs is 1. The summed E-state index contributed by atoms with van der Waals surface area (Å²) < 4.78 is 1.68. The summed E-state index contributed by atoms with van der Waals surface area (Å²) in [6.45, 7) is 8.37. The van der Waals surface area contributed by atoms with E-state index >= 15 is 0 Å². The summed E-state index contributed by atoms with van der Waals surface area (Å²) in [4.78, 5) is 8.21. The summed E-state index contributed by atoms with van der Waals surface area (Å²) in [6.07, 6.45) is 1.48. The van der Waals surface area contributed by atoms with Crippen molar-refractivity contribution in [2.24, 2.45) is 5.92 Å². The standard InChI is InChI=1S/C11H16ClN5/c1-6(2)8(4)15-10-7(3)9(12)16-11-13-5-14-17(10)11/h5-6,8,15H,1-4H3. The van der Waals surface area contributed by atoms with Crippen LogP contribution in [0.2, 0.25) is 5.15 Å². The van der Waals surface area contributed by atoms with Gasteiger partial charge in [0.05, 0.1) is 0 Å². The zero-order valence-electron chi connectivity index (χ0n) is 10.4. The Balaban J connectivity index is 2.50. The molecule has 0 amide bonds. The molecule has 0 spiro atoms. The minimum Gasteiger partial charge on any atom is -0.367 e. The molecule has 0 aromatic carbocycles. The maximum atomic E-state index is 6.08. The molecule has 0 bridgehead atoms. The monoisotopic (exact) mass is 253 g/mol. The van der Waals surface area contributed by atoms with Crippen molar-refractivity contribution in [3.05, 3.63) is 17.0 Å². The Bertz CT molecular complexity index is 534. The minimum atomic E-state index is 0.319.